The van der Waals surface area contributed by atoms with E-state index in [1.54, 1.807) is 0 Å². The molecule has 3 nitrogen and oxygen atoms in total. The highest BCUT2D eigenvalue weighted by atomic mass is 16.5. The summed E-state index contributed by atoms with van der Waals surface area (Å²) >= 11 is 0. The molecule has 0 heterocycles. The molecule has 0 aromatic heterocycles. The van der Waals surface area contributed by atoms with Gasteiger partial charge in [0.2, 0.25) is 0 Å². The van der Waals surface area contributed by atoms with Crippen LogP contribution in [0, 0.1) is 0 Å². The minimum atomic E-state index is 0.218. The predicted octanol–water partition coefficient (Wildman–Crippen LogP) is 4.16. The Bertz CT molecular complexity index is 551. The van der Waals surface area contributed by atoms with E-state index in [0.717, 1.165) is 30.1 Å². The number of nitrogens with two attached hydrogens (primary N) is 1. The fourth-order valence-corrected chi connectivity index (χ4v) is 2.08. The fourth-order valence-electron chi connectivity index (χ4n) is 2.08. The van der Waals surface area contributed by atoms with Gasteiger partial charge >= 0.3 is 0 Å². The van der Waals surface area contributed by atoms with Crippen LogP contribution in [-0.4, -0.2) is 12.6 Å². The van der Waals surface area contributed by atoms with Gasteiger partial charge in [0.1, 0.15) is 5.75 Å². The predicted molar refractivity (Wildman–Crippen MR) is 86.1 cm³/mol. The molecule has 21 heavy (non-hydrogen) atoms. The average Bonchev–Trinajstić information content (AvgIpc) is 2.51. The SMILES string of the molecule is CCOc1ccccc1Oc1ccc(CC(N)CC)cc1. The zero-order valence-electron chi connectivity index (χ0n) is 12.7. The molecule has 0 radical (unpaired) electrons. The molecule has 2 N–H and O–H groups in total. The lowest BCUT2D eigenvalue weighted by molar-refractivity contribution is 0.321. The van der Waals surface area contributed by atoms with Crippen molar-refractivity contribution < 1.29 is 9.47 Å². The Balaban J connectivity index is 2.06. The first-order valence-electron chi connectivity index (χ1n) is 7.47. The van der Waals surface area contributed by atoms with Gasteiger partial charge in [-0.2, -0.15) is 0 Å². The second-order valence-electron chi connectivity index (χ2n) is 5.00. The van der Waals surface area contributed by atoms with Gasteiger partial charge in [-0.15, -0.1) is 0 Å². The summed E-state index contributed by atoms with van der Waals surface area (Å²) in [4.78, 5) is 0. The molecule has 112 valence electrons. The lowest BCUT2D eigenvalue weighted by Crippen LogP contribution is -2.21. The molecule has 0 aliphatic rings. The van der Waals surface area contributed by atoms with E-state index in [-0.39, 0.29) is 6.04 Å². The molecule has 1 atom stereocenters. The van der Waals surface area contributed by atoms with Crippen molar-refractivity contribution in [3.05, 3.63) is 54.1 Å². The molecular weight excluding hydrogens is 262 g/mol. The van der Waals surface area contributed by atoms with Crippen LogP contribution in [0.1, 0.15) is 25.8 Å². The van der Waals surface area contributed by atoms with E-state index in [4.69, 9.17) is 15.2 Å². The lowest BCUT2D eigenvalue weighted by atomic mass is 10.0. The van der Waals surface area contributed by atoms with Crippen LogP contribution in [-0.2, 0) is 6.42 Å². The molecule has 2 aromatic rings. The molecule has 0 fully saturated rings. The molecule has 3 heteroatoms. The summed E-state index contributed by atoms with van der Waals surface area (Å²) in [6, 6.07) is 16.0. The molecule has 0 bridgehead atoms. The monoisotopic (exact) mass is 285 g/mol. The van der Waals surface area contributed by atoms with Gasteiger partial charge in [0.25, 0.3) is 0 Å². The second-order valence-corrected chi connectivity index (χ2v) is 5.00. The van der Waals surface area contributed by atoms with Gasteiger partial charge in [-0.25, -0.2) is 0 Å². The molecule has 0 aliphatic heterocycles. The molecule has 0 aliphatic carbocycles. The van der Waals surface area contributed by atoms with Crippen LogP contribution in [0.5, 0.6) is 17.2 Å². The van der Waals surface area contributed by atoms with Gasteiger partial charge in [-0.3, -0.25) is 0 Å². The summed E-state index contributed by atoms with van der Waals surface area (Å²) in [5, 5.41) is 0. The maximum atomic E-state index is 5.97. The van der Waals surface area contributed by atoms with Crippen molar-refractivity contribution in [2.45, 2.75) is 32.7 Å². The normalized spacial score (nSPS) is 12.0. The van der Waals surface area contributed by atoms with Gasteiger partial charge in [0, 0.05) is 6.04 Å². The van der Waals surface area contributed by atoms with Crippen molar-refractivity contribution in [1.82, 2.24) is 0 Å². The van der Waals surface area contributed by atoms with Gasteiger partial charge in [0.15, 0.2) is 11.5 Å². The average molecular weight is 285 g/mol. The van der Waals surface area contributed by atoms with E-state index < -0.39 is 0 Å². The summed E-state index contributed by atoms with van der Waals surface area (Å²) < 4.78 is 11.5. The summed E-state index contributed by atoms with van der Waals surface area (Å²) in [7, 11) is 0. The third-order valence-electron chi connectivity index (χ3n) is 3.32. The van der Waals surface area contributed by atoms with Crippen LogP contribution >= 0.6 is 0 Å². The van der Waals surface area contributed by atoms with Crippen molar-refractivity contribution in [2.75, 3.05) is 6.61 Å². The highest BCUT2D eigenvalue weighted by Crippen LogP contribution is 2.31. The smallest absolute Gasteiger partial charge is 0.169 e. The number of para-hydroxylation sites is 2. The van der Waals surface area contributed by atoms with Crippen LogP contribution in [0.3, 0.4) is 0 Å². The third kappa shape index (κ3) is 4.50. The highest BCUT2D eigenvalue weighted by Gasteiger charge is 2.06. The Morgan fingerprint density at radius 3 is 2.24 bits per heavy atom. The van der Waals surface area contributed by atoms with Crippen LogP contribution in [0.2, 0.25) is 0 Å². The molecule has 0 spiro atoms. The zero-order valence-corrected chi connectivity index (χ0v) is 12.7. The molecule has 1 unspecified atom stereocenters. The summed E-state index contributed by atoms with van der Waals surface area (Å²) in [5.74, 6) is 2.30. The Labute approximate surface area is 126 Å². The second kappa shape index (κ2) is 7.70. The van der Waals surface area contributed by atoms with Crippen LogP contribution in [0.15, 0.2) is 48.5 Å². The fraction of sp³-hybridized carbons (Fsp3) is 0.333. The van der Waals surface area contributed by atoms with E-state index in [1.807, 2.05) is 43.3 Å². The number of benzene rings is 2. The van der Waals surface area contributed by atoms with Gasteiger partial charge in [-0.1, -0.05) is 31.2 Å². The molecule has 2 aromatic carbocycles. The molecule has 0 saturated heterocycles. The topological polar surface area (TPSA) is 44.5 Å². The summed E-state index contributed by atoms with van der Waals surface area (Å²) in [5.41, 5.74) is 7.20. The maximum absolute atomic E-state index is 5.97. The van der Waals surface area contributed by atoms with E-state index >= 15 is 0 Å². The maximum Gasteiger partial charge on any atom is 0.169 e. The standard InChI is InChI=1S/C18H23NO2/c1-3-15(19)13-14-9-11-16(12-10-14)21-18-8-6-5-7-17(18)20-4-2/h5-12,15H,3-4,13,19H2,1-2H3. The number of hydrogen-bond donors (Lipinski definition) is 1. The molecule has 2 rings (SSSR count). The first-order chi connectivity index (χ1) is 10.2. The van der Waals surface area contributed by atoms with E-state index in [2.05, 4.69) is 19.1 Å². The Morgan fingerprint density at radius 2 is 1.62 bits per heavy atom. The quantitative estimate of drug-likeness (QED) is 0.831. The van der Waals surface area contributed by atoms with Crippen molar-refractivity contribution in [1.29, 1.82) is 0 Å². The van der Waals surface area contributed by atoms with E-state index in [9.17, 15) is 0 Å². The molecule has 0 amide bonds. The first kappa shape index (κ1) is 15.4. The zero-order chi connectivity index (χ0) is 15.1. The van der Waals surface area contributed by atoms with Gasteiger partial charge in [-0.05, 0) is 49.6 Å². The van der Waals surface area contributed by atoms with Gasteiger partial charge in [0.05, 0.1) is 6.61 Å². The van der Waals surface area contributed by atoms with Crippen LogP contribution in [0.4, 0.5) is 0 Å². The minimum absolute atomic E-state index is 0.218. The van der Waals surface area contributed by atoms with Gasteiger partial charge < -0.3 is 15.2 Å². The summed E-state index contributed by atoms with van der Waals surface area (Å²) in [6.45, 7) is 4.68. The minimum Gasteiger partial charge on any atom is -0.490 e. The Hall–Kier alpha value is -2.00. The first-order valence-corrected chi connectivity index (χ1v) is 7.47. The molecule has 0 saturated carbocycles. The van der Waals surface area contributed by atoms with E-state index in [0.29, 0.717) is 6.61 Å². The highest BCUT2D eigenvalue weighted by molar-refractivity contribution is 5.43. The van der Waals surface area contributed by atoms with Crippen LogP contribution < -0.4 is 15.2 Å². The Kier molecular flexibility index (Phi) is 5.64. The van der Waals surface area contributed by atoms with Crippen molar-refractivity contribution in [3.63, 3.8) is 0 Å². The number of rotatable bonds is 7. The number of ether oxygens (including phenoxy) is 2. The lowest BCUT2D eigenvalue weighted by Gasteiger charge is -2.12. The van der Waals surface area contributed by atoms with Crippen molar-refractivity contribution >= 4 is 0 Å². The Morgan fingerprint density at radius 1 is 0.952 bits per heavy atom. The third-order valence-corrected chi connectivity index (χ3v) is 3.32. The van der Waals surface area contributed by atoms with Crippen molar-refractivity contribution in [3.8, 4) is 17.2 Å². The number of hydrogen-bond acceptors (Lipinski definition) is 3. The van der Waals surface area contributed by atoms with Crippen molar-refractivity contribution in [2.24, 2.45) is 5.73 Å². The van der Waals surface area contributed by atoms with E-state index in [1.165, 1.54) is 5.56 Å². The van der Waals surface area contributed by atoms with Crippen LogP contribution in [0.25, 0.3) is 0 Å². The molecular formula is C18H23NO2. The largest absolute Gasteiger partial charge is 0.490 e. The summed E-state index contributed by atoms with van der Waals surface area (Å²) in [6.07, 6.45) is 1.88.